The Hall–Kier alpha value is -1.30. The largest absolute Gasteiger partial charge is 0.0613 e. The van der Waals surface area contributed by atoms with Crippen LogP contribution in [0.15, 0.2) is 24.3 Å². The van der Waals surface area contributed by atoms with Gasteiger partial charge in [0, 0.05) is 0 Å². The van der Waals surface area contributed by atoms with Crippen LogP contribution in [0.25, 0.3) is 10.8 Å². The molecule has 0 saturated carbocycles. The van der Waals surface area contributed by atoms with Gasteiger partial charge in [0.25, 0.3) is 0 Å². The number of rotatable bonds is 1. The first-order valence-electron chi connectivity index (χ1n) is 5.63. The Morgan fingerprint density at radius 2 is 1.60 bits per heavy atom. The number of hydrogen-bond acceptors (Lipinski definition) is 0. The highest BCUT2D eigenvalue weighted by Crippen LogP contribution is 2.26. The molecule has 0 fully saturated rings. The summed E-state index contributed by atoms with van der Waals surface area (Å²) in [5.41, 5.74) is 5.62. The molecule has 0 amide bonds. The van der Waals surface area contributed by atoms with E-state index in [4.69, 9.17) is 0 Å². The van der Waals surface area contributed by atoms with Crippen LogP contribution in [-0.4, -0.2) is 0 Å². The molecule has 0 bridgehead atoms. The minimum Gasteiger partial charge on any atom is -0.0613 e. The van der Waals surface area contributed by atoms with Crippen LogP contribution in [0, 0.1) is 20.8 Å². The fourth-order valence-corrected chi connectivity index (χ4v) is 2.19. The van der Waals surface area contributed by atoms with Gasteiger partial charge in [0.05, 0.1) is 0 Å². The quantitative estimate of drug-likeness (QED) is 0.640. The summed E-state index contributed by atoms with van der Waals surface area (Å²) in [5.74, 6) is 0. The molecule has 0 aromatic heterocycles. The first-order chi connectivity index (χ1) is 7.13. The number of fused-ring (bicyclic) bond motifs is 1. The molecule has 2 aromatic rings. The Bertz CT molecular complexity index is 507. The van der Waals surface area contributed by atoms with Crippen molar-refractivity contribution in [1.29, 1.82) is 0 Å². The molecular formula is C15H18. The van der Waals surface area contributed by atoms with Gasteiger partial charge < -0.3 is 0 Å². The molecule has 0 heteroatoms. The van der Waals surface area contributed by atoms with E-state index < -0.39 is 0 Å². The van der Waals surface area contributed by atoms with Gasteiger partial charge in [-0.25, -0.2) is 0 Å². The molecule has 0 spiro atoms. The molecule has 0 radical (unpaired) electrons. The molecule has 0 heterocycles. The maximum atomic E-state index is 2.33. The monoisotopic (exact) mass is 198 g/mol. The van der Waals surface area contributed by atoms with Crippen molar-refractivity contribution in [2.75, 3.05) is 0 Å². The van der Waals surface area contributed by atoms with Crippen LogP contribution in [0.2, 0.25) is 0 Å². The Morgan fingerprint density at radius 3 is 2.27 bits per heavy atom. The summed E-state index contributed by atoms with van der Waals surface area (Å²) >= 11 is 0. The van der Waals surface area contributed by atoms with E-state index in [2.05, 4.69) is 52.0 Å². The summed E-state index contributed by atoms with van der Waals surface area (Å²) in [4.78, 5) is 0. The van der Waals surface area contributed by atoms with E-state index in [0.29, 0.717) is 0 Å². The second-order valence-electron chi connectivity index (χ2n) is 4.37. The predicted molar refractivity (Wildman–Crippen MR) is 67.5 cm³/mol. The highest BCUT2D eigenvalue weighted by atomic mass is 14.1. The van der Waals surface area contributed by atoms with Crippen molar-refractivity contribution in [3.63, 3.8) is 0 Å². The summed E-state index contributed by atoms with van der Waals surface area (Å²) in [7, 11) is 0. The molecule has 0 aliphatic heterocycles. The van der Waals surface area contributed by atoms with E-state index in [-0.39, 0.29) is 0 Å². The van der Waals surface area contributed by atoms with Crippen LogP contribution >= 0.6 is 0 Å². The van der Waals surface area contributed by atoms with E-state index >= 15 is 0 Å². The van der Waals surface area contributed by atoms with Crippen molar-refractivity contribution in [2.24, 2.45) is 0 Å². The number of hydrogen-bond donors (Lipinski definition) is 0. The lowest BCUT2D eigenvalue weighted by atomic mass is 9.95. The second-order valence-corrected chi connectivity index (χ2v) is 4.37. The lowest BCUT2D eigenvalue weighted by molar-refractivity contribution is 1.14. The summed E-state index contributed by atoms with van der Waals surface area (Å²) in [6, 6.07) is 9.13. The van der Waals surface area contributed by atoms with Gasteiger partial charge in [-0.05, 0) is 60.2 Å². The Kier molecular flexibility index (Phi) is 2.52. The van der Waals surface area contributed by atoms with Crippen molar-refractivity contribution in [3.8, 4) is 0 Å². The smallest absolute Gasteiger partial charge is 0.0149 e. The fraction of sp³-hybridized carbons (Fsp3) is 0.333. The molecule has 0 nitrogen and oxygen atoms in total. The van der Waals surface area contributed by atoms with Crippen molar-refractivity contribution in [2.45, 2.75) is 34.1 Å². The first-order valence-corrected chi connectivity index (χ1v) is 5.63. The highest BCUT2D eigenvalue weighted by Gasteiger charge is 2.04. The van der Waals surface area contributed by atoms with Crippen molar-refractivity contribution in [3.05, 3.63) is 46.5 Å². The van der Waals surface area contributed by atoms with Gasteiger partial charge in [-0.1, -0.05) is 31.2 Å². The average molecular weight is 198 g/mol. The summed E-state index contributed by atoms with van der Waals surface area (Å²) in [6.45, 7) is 8.81. The van der Waals surface area contributed by atoms with E-state index in [0.717, 1.165) is 6.42 Å². The molecule has 0 atom stereocenters. The van der Waals surface area contributed by atoms with Crippen molar-refractivity contribution >= 4 is 10.8 Å². The van der Waals surface area contributed by atoms with Crippen LogP contribution in [0.5, 0.6) is 0 Å². The van der Waals surface area contributed by atoms with E-state index in [1.54, 1.807) is 0 Å². The third-order valence-corrected chi connectivity index (χ3v) is 3.35. The van der Waals surface area contributed by atoms with Gasteiger partial charge in [-0.15, -0.1) is 0 Å². The van der Waals surface area contributed by atoms with Gasteiger partial charge in [0.2, 0.25) is 0 Å². The zero-order valence-electron chi connectivity index (χ0n) is 10.0. The maximum absolute atomic E-state index is 2.33. The van der Waals surface area contributed by atoms with Crippen LogP contribution in [0.3, 0.4) is 0 Å². The average Bonchev–Trinajstić information content (AvgIpc) is 2.25. The molecule has 0 N–H and O–H groups in total. The van der Waals surface area contributed by atoms with Gasteiger partial charge in [0.1, 0.15) is 0 Å². The molecule has 0 aliphatic rings. The number of benzene rings is 2. The Balaban J connectivity index is 2.84. The second kappa shape index (κ2) is 3.69. The highest BCUT2D eigenvalue weighted by molar-refractivity contribution is 5.90. The van der Waals surface area contributed by atoms with Gasteiger partial charge in [0.15, 0.2) is 0 Å². The molecule has 2 aromatic carbocycles. The summed E-state index contributed by atoms with van der Waals surface area (Å²) in [5, 5.41) is 2.82. The molecular weight excluding hydrogens is 180 g/mol. The van der Waals surface area contributed by atoms with Crippen LogP contribution in [0.1, 0.15) is 29.2 Å². The maximum Gasteiger partial charge on any atom is -0.0149 e. The molecule has 15 heavy (non-hydrogen) atoms. The minimum atomic E-state index is 1.11. The van der Waals surface area contributed by atoms with Crippen molar-refractivity contribution in [1.82, 2.24) is 0 Å². The third-order valence-electron chi connectivity index (χ3n) is 3.35. The van der Waals surface area contributed by atoms with Crippen molar-refractivity contribution < 1.29 is 0 Å². The normalized spacial score (nSPS) is 10.9. The molecule has 0 aliphatic carbocycles. The molecule has 0 unspecified atom stereocenters. The SMILES string of the molecule is CCc1ccc2c(C)c(C)cc(C)c2c1. The van der Waals surface area contributed by atoms with Crippen LogP contribution < -0.4 is 0 Å². The summed E-state index contributed by atoms with van der Waals surface area (Å²) in [6.07, 6.45) is 1.11. The molecule has 78 valence electrons. The van der Waals surface area contributed by atoms with Gasteiger partial charge >= 0.3 is 0 Å². The Morgan fingerprint density at radius 1 is 0.867 bits per heavy atom. The lowest BCUT2D eigenvalue weighted by Crippen LogP contribution is -1.89. The van der Waals surface area contributed by atoms with Crippen LogP contribution in [-0.2, 0) is 6.42 Å². The lowest BCUT2D eigenvalue weighted by Gasteiger charge is -2.10. The third kappa shape index (κ3) is 1.65. The van der Waals surface area contributed by atoms with E-state index in [1.165, 1.54) is 33.0 Å². The van der Waals surface area contributed by atoms with Gasteiger partial charge in [-0.2, -0.15) is 0 Å². The minimum absolute atomic E-state index is 1.11. The summed E-state index contributed by atoms with van der Waals surface area (Å²) < 4.78 is 0. The standard InChI is InChI=1S/C15H18/c1-5-13-6-7-14-12(4)10(2)8-11(3)15(14)9-13/h6-9H,5H2,1-4H3. The number of aryl methyl sites for hydroxylation is 4. The topological polar surface area (TPSA) is 0 Å². The van der Waals surface area contributed by atoms with Gasteiger partial charge in [-0.3, -0.25) is 0 Å². The zero-order chi connectivity index (χ0) is 11.0. The molecule has 0 saturated heterocycles. The molecule has 2 rings (SSSR count). The zero-order valence-corrected chi connectivity index (χ0v) is 10.0. The van der Waals surface area contributed by atoms with E-state index in [1.807, 2.05) is 0 Å². The Labute approximate surface area is 91.9 Å². The van der Waals surface area contributed by atoms with E-state index in [9.17, 15) is 0 Å². The first kappa shape index (κ1) is 10.2. The van der Waals surface area contributed by atoms with Crippen LogP contribution in [0.4, 0.5) is 0 Å². The predicted octanol–water partition coefficient (Wildman–Crippen LogP) is 4.33. The fourth-order valence-electron chi connectivity index (χ4n) is 2.19.